The van der Waals surface area contributed by atoms with Crippen molar-refractivity contribution < 1.29 is 5.21 Å². The molecule has 0 unspecified atom stereocenters. The van der Waals surface area contributed by atoms with Crippen LogP contribution >= 0.6 is 0 Å². The summed E-state index contributed by atoms with van der Waals surface area (Å²) in [5.74, 6) is 0. The van der Waals surface area contributed by atoms with Crippen molar-refractivity contribution in [1.82, 2.24) is 4.98 Å². The maximum absolute atomic E-state index is 9.89. The summed E-state index contributed by atoms with van der Waals surface area (Å²) in [7, 11) is 0. The van der Waals surface area contributed by atoms with Gasteiger partial charge < -0.3 is 0 Å². The number of aromatic nitrogens is 1. The summed E-state index contributed by atoms with van der Waals surface area (Å²) >= 11 is 0. The molecule has 0 fully saturated rings. The van der Waals surface area contributed by atoms with E-state index in [1.807, 2.05) is 45.0 Å². The van der Waals surface area contributed by atoms with E-state index in [1.165, 1.54) is 5.56 Å². The molecule has 17 heavy (non-hydrogen) atoms. The second-order valence-corrected chi connectivity index (χ2v) is 3.35. The predicted molar refractivity (Wildman–Crippen MR) is 70.7 cm³/mol. The maximum atomic E-state index is 9.89. The van der Waals surface area contributed by atoms with E-state index in [0.717, 1.165) is 10.8 Å². The van der Waals surface area contributed by atoms with Crippen molar-refractivity contribution in [2.75, 3.05) is 5.06 Å². The molecule has 90 valence electrons. The lowest BCUT2D eigenvalue weighted by molar-refractivity contribution is 0.301. The molecule has 0 aliphatic carbocycles. The van der Waals surface area contributed by atoms with Gasteiger partial charge in [0.1, 0.15) is 0 Å². The van der Waals surface area contributed by atoms with Crippen LogP contribution in [0.1, 0.15) is 19.4 Å². The van der Waals surface area contributed by atoms with Gasteiger partial charge in [-0.15, -0.1) is 0 Å². The average Bonchev–Trinajstić information content (AvgIpc) is 2.42. The molecule has 2 rings (SSSR count). The van der Waals surface area contributed by atoms with Crippen molar-refractivity contribution in [3.63, 3.8) is 0 Å². The van der Waals surface area contributed by atoms with Crippen LogP contribution in [0.15, 0.2) is 48.8 Å². The Bertz CT molecular complexity index is 426. The van der Waals surface area contributed by atoms with Crippen LogP contribution in [0, 0.1) is 6.92 Å². The zero-order chi connectivity index (χ0) is 12.7. The second-order valence-electron chi connectivity index (χ2n) is 3.35. The third kappa shape index (κ3) is 3.57. The van der Waals surface area contributed by atoms with Gasteiger partial charge in [0.2, 0.25) is 0 Å². The van der Waals surface area contributed by atoms with Crippen LogP contribution < -0.4 is 5.06 Å². The van der Waals surface area contributed by atoms with Gasteiger partial charge in [-0.25, -0.2) is 5.06 Å². The van der Waals surface area contributed by atoms with E-state index < -0.39 is 0 Å². The molecule has 0 radical (unpaired) electrons. The van der Waals surface area contributed by atoms with Gasteiger partial charge in [-0.3, -0.25) is 10.2 Å². The van der Waals surface area contributed by atoms with Crippen LogP contribution in [0.4, 0.5) is 11.4 Å². The first-order valence-electron chi connectivity index (χ1n) is 5.73. The molecular formula is C14H18N2O. The molecular weight excluding hydrogens is 212 g/mol. The van der Waals surface area contributed by atoms with Gasteiger partial charge in [-0.05, 0) is 31.2 Å². The first-order valence-corrected chi connectivity index (χ1v) is 5.73. The number of benzene rings is 1. The highest BCUT2D eigenvalue weighted by Gasteiger charge is 2.04. The molecule has 0 bridgehead atoms. The number of pyridine rings is 1. The Morgan fingerprint density at radius 1 is 0.882 bits per heavy atom. The minimum absolute atomic E-state index is 0.703. The molecule has 0 saturated heterocycles. The fourth-order valence-electron chi connectivity index (χ4n) is 1.32. The van der Waals surface area contributed by atoms with Crippen LogP contribution in [0.25, 0.3) is 0 Å². The summed E-state index contributed by atoms with van der Waals surface area (Å²) < 4.78 is 0. The molecule has 0 amide bonds. The molecule has 1 heterocycles. The lowest BCUT2D eigenvalue weighted by atomic mass is 10.2. The van der Waals surface area contributed by atoms with Gasteiger partial charge in [0, 0.05) is 12.4 Å². The molecule has 0 atom stereocenters. The van der Waals surface area contributed by atoms with Crippen molar-refractivity contribution in [3.05, 3.63) is 54.4 Å². The van der Waals surface area contributed by atoms with E-state index in [9.17, 15) is 5.21 Å². The number of aryl methyl sites for hydroxylation is 1. The van der Waals surface area contributed by atoms with Crippen molar-refractivity contribution in [1.29, 1.82) is 0 Å². The van der Waals surface area contributed by atoms with Gasteiger partial charge in [-0.1, -0.05) is 31.5 Å². The van der Waals surface area contributed by atoms with Gasteiger partial charge in [-0.2, -0.15) is 0 Å². The van der Waals surface area contributed by atoms with Gasteiger partial charge in [0.25, 0.3) is 0 Å². The van der Waals surface area contributed by atoms with Gasteiger partial charge >= 0.3 is 0 Å². The zero-order valence-corrected chi connectivity index (χ0v) is 10.5. The van der Waals surface area contributed by atoms with E-state index in [1.54, 1.807) is 24.5 Å². The zero-order valence-electron chi connectivity index (χ0n) is 10.5. The predicted octanol–water partition coefficient (Wildman–Crippen LogP) is 3.94. The number of rotatable bonds is 2. The van der Waals surface area contributed by atoms with Crippen LogP contribution in [-0.4, -0.2) is 10.2 Å². The fraction of sp³-hybridized carbons (Fsp3) is 0.214. The Morgan fingerprint density at radius 2 is 1.35 bits per heavy atom. The molecule has 1 aromatic heterocycles. The van der Waals surface area contributed by atoms with Crippen LogP contribution in [-0.2, 0) is 0 Å². The van der Waals surface area contributed by atoms with Crippen LogP contribution in [0.3, 0.4) is 0 Å². The first kappa shape index (κ1) is 13.2. The molecule has 0 aliphatic heterocycles. The van der Waals surface area contributed by atoms with E-state index in [0.29, 0.717) is 5.69 Å². The third-order valence-electron chi connectivity index (χ3n) is 2.19. The topological polar surface area (TPSA) is 36.4 Å². The molecule has 0 saturated carbocycles. The Balaban J connectivity index is 0.000000686. The Labute approximate surface area is 102 Å². The standard InChI is InChI=1S/C12H12N2O.C2H6/c1-10-2-4-11(5-3-10)14(15)12-6-8-13-9-7-12;1-2/h2-9,15H,1H3;1-2H3. The number of hydrogen-bond donors (Lipinski definition) is 1. The average molecular weight is 230 g/mol. The highest BCUT2D eigenvalue weighted by Crippen LogP contribution is 2.22. The summed E-state index contributed by atoms with van der Waals surface area (Å²) in [5, 5.41) is 11.0. The first-order chi connectivity index (χ1) is 8.27. The lowest BCUT2D eigenvalue weighted by Crippen LogP contribution is -2.10. The number of anilines is 2. The molecule has 2 aromatic rings. The third-order valence-corrected chi connectivity index (χ3v) is 2.19. The lowest BCUT2D eigenvalue weighted by Gasteiger charge is -2.16. The largest absolute Gasteiger partial charge is 0.284 e. The van der Waals surface area contributed by atoms with Gasteiger partial charge in [0.15, 0.2) is 0 Å². The second kappa shape index (κ2) is 6.66. The van der Waals surface area contributed by atoms with Gasteiger partial charge in [0.05, 0.1) is 11.4 Å². The Kier molecular flexibility index (Phi) is 5.17. The Hall–Kier alpha value is -1.87. The summed E-state index contributed by atoms with van der Waals surface area (Å²) in [6.07, 6.45) is 3.29. The number of hydrogen-bond acceptors (Lipinski definition) is 3. The highest BCUT2D eigenvalue weighted by atomic mass is 16.5. The van der Waals surface area contributed by atoms with E-state index >= 15 is 0 Å². The SMILES string of the molecule is CC.Cc1ccc(N(O)c2ccncc2)cc1. The van der Waals surface area contributed by atoms with Crippen molar-refractivity contribution >= 4 is 11.4 Å². The smallest absolute Gasteiger partial charge is 0.0723 e. The van der Waals surface area contributed by atoms with Crippen LogP contribution in [0.2, 0.25) is 0 Å². The van der Waals surface area contributed by atoms with Crippen LogP contribution in [0.5, 0.6) is 0 Å². The molecule has 3 nitrogen and oxygen atoms in total. The fourth-order valence-corrected chi connectivity index (χ4v) is 1.32. The normalized spacial score (nSPS) is 9.18. The summed E-state index contributed by atoms with van der Waals surface area (Å²) in [5.41, 5.74) is 2.61. The maximum Gasteiger partial charge on any atom is 0.0723 e. The molecule has 3 heteroatoms. The minimum Gasteiger partial charge on any atom is -0.284 e. The molecule has 1 N–H and O–H groups in total. The van der Waals surface area contributed by atoms with Crippen molar-refractivity contribution in [2.45, 2.75) is 20.8 Å². The highest BCUT2D eigenvalue weighted by molar-refractivity contribution is 5.59. The summed E-state index contributed by atoms with van der Waals surface area (Å²) in [6.45, 7) is 6.01. The minimum atomic E-state index is 0.703. The molecule has 0 spiro atoms. The van der Waals surface area contributed by atoms with E-state index in [2.05, 4.69) is 4.98 Å². The van der Waals surface area contributed by atoms with E-state index in [-0.39, 0.29) is 0 Å². The summed E-state index contributed by atoms with van der Waals surface area (Å²) in [6, 6.07) is 11.2. The van der Waals surface area contributed by atoms with Crippen molar-refractivity contribution in [3.8, 4) is 0 Å². The number of nitrogens with zero attached hydrogens (tertiary/aromatic N) is 2. The quantitative estimate of drug-likeness (QED) is 0.794. The van der Waals surface area contributed by atoms with Crippen molar-refractivity contribution in [2.24, 2.45) is 0 Å². The monoisotopic (exact) mass is 230 g/mol. The molecule has 0 aliphatic rings. The summed E-state index contributed by atoms with van der Waals surface area (Å²) in [4.78, 5) is 3.90. The molecule has 1 aromatic carbocycles. The Morgan fingerprint density at radius 3 is 1.88 bits per heavy atom. The van der Waals surface area contributed by atoms with E-state index in [4.69, 9.17) is 0 Å².